The first kappa shape index (κ1) is 12.4. The smallest absolute Gasteiger partial charge is 0.0831 e. The Balaban J connectivity index is 1.74. The summed E-state index contributed by atoms with van der Waals surface area (Å²) in [5.74, 6) is 0. The van der Waals surface area contributed by atoms with Gasteiger partial charge in [0.25, 0.3) is 0 Å². The Labute approximate surface area is 113 Å². The number of aryl methyl sites for hydroxylation is 3. The molecule has 1 unspecified atom stereocenters. The van der Waals surface area contributed by atoms with E-state index in [0.717, 1.165) is 24.1 Å². The fourth-order valence-corrected chi connectivity index (χ4v) is 2.82. The van der Waals surface area contributed by atoms with Gasteiger partial charge in [0.05, 0.1) is 12.3 Å². The molecule has 0 aliphatic heterocycles. The van der Waals surface area contributed by atoms with Crippen molar-refractivity contribution in [3.63, 3.8) is 0 Å². The van der Waals surface area contributed by atoms with Crippen molar-refractivity contribution < 1.29 is 5.11 Å². The maximum absolute atomic E-state index is 10.4. The van der Waals surface area contributed by atoms with Gasteiger partial charge in [-0.05, 0) is 48.4 Å². The van der Waals surface area contributed by atoms with Crippen molar-refractivity contribution in [3.8, 4) is 0 Å². The van der Waals surface area contributed by atoms with Gasteiger partial charge in [0, 0.05) is 19.2 Å². The summed E-state index contributed by atoms with van der Waals surface area (Å²) in [5.41, 5.74) is 5.00. The highest BCUT2D eigenvalue weighted by Gasteiger charge is 2.15. The highest BCUT2D eigenvalue weighted by atomic mass is 16.3. The van der Waals surface area contributed by atoms with E-state index in [9.17, 15) is 5.11 Å². The van der Waals surface area contributed by atoms with Crippen LogP contribution in [0.25, 0.3) is 0 Å². The molecule has 1 heterocycles. The number of aliphatic hydroxyl groups is 1. The third-order valence-corrected chi connectivity index (χ3v) is 3.95. The van der Waals surface area contributed by atoms with Crippen molar-refractivity contribution in [3.05, 3.63) is 52.8 Å². The van der Waals surface area contributed by atoms with E-state index in [1.165, 1.54) is 24.0 Å². The summed E-state index contributed by atoms with van der Waals surface area (Å²) in [6.45, 7) is 2.93. The number of rotatable bonds is 4. The van der Waals surface area contributed by atoms with E-state index in [1.54, 1.807) is 0 Å². The van der Waals surface area contributed by atoms with E-state index >= 15 is 0 Å². The molecule has 0 bridgehead atoms. The Hall–Kier alpha value is -1.61. The van der Waals surface area contributed by atoms with Crippen molar-refractivity contribution in [1.29, 1.82) is 0 Å². The fraction of sp³-hybridized carbons (Fsp3) is 0.438. The summed E-state index contributed by atoms with van der Waals surface area (Å²) < 4.78 is 1.89. The minimum Gasteiger partial charge on any atom is -0.388 e. The predicted octanol–water partition coefficient (Wildman–Crippen LogP) is 2.67. The molecule has 0 saturated carbocycles. The molecule has 1 aromatic heterocycles. The summed E-state index contributed by atoms with van der Waals surface area (Å²) in [5, 5.41) is 14.6. The molecule has 3 nitrogen and oxygen atoms in total. The zero-order valence-electron chi connectivity index (χ0n) is 11.3. The van der Waals surface area contributed by atoms with Crippen LogP contribution in [0.2, 0.25) is 0 Å². The SMILES string of the molecule is CCn1cc(CC(O)c2ccc3c(c2)CCC3)cn1. The fourth-order valence-electron chi connectivity index (χ4n) is 2.82. The Bertz CT molecular complexity index is 574. The lowest BCUT2D eigenvalue weighted by Gasteiger charge is -2.11. The Morgan fingerprint density at radius 3 is 2.95 bits per heavy atom. The lowest BCUT2D eigenvalue weighted by atomic mass is 9.99. The van der Waals surface area contributed by atoms with E-state index in [-0.39, 0.29) is 0 Å². The molecule has 1 aliphatic rings. The van der Waals surface area contributed by atoms with Crippen molar-refractivity contribution in [1.82, 2.24) is 9.78 Å². The van der Waals surface area contributed by atoms with Crippen LogP contribution in [0, 0.1) is 0 Å². The molecule has 1 aliphatic carbocycles. The van der Waals surface area contributed by atoms with Gasteiger partial charge in [-0.25, -0.2) is 0 Å². The molecule has 19 heavy (non-hydrogen) atoms. The van der Waals surface area contributed by atoms with E-state index in [2.05, 4.69) is 30.2 Å². The molecule has 0 amide bonds. The summed E-state index contributed by atoms with van der Waals surface area (Å²) in [7, 11) is 0. The monoisotopic (exact) mass is 256 g/mol. The lowest BCUT2D eigenvalue weighted by molar-refractivity contribution is 0.178. The van der Waals surface area contributed by atoms with E-state index in [1.807, 2.05) is 17.1 Å². The summed E-state index contributed by atoms with van der Waals surface area (Å²) in [4.78, 5) is 0. The number of aromatic nitrogens is 2. The van der Waals surface area contributed by atoms with Gasteiger partial charge in [0.2, 0.25) is 0 Å². The van der Waals surface area contributed by atoms with Crippen LogP contribution in [0.3, 0.4) is 0 Å². The average Bonchev–Trinajstić information content (AvgIpc) is 3.05. The Morgan fingerprint density at radius 1 is 1.32 bits per heavy atom. The summed E-state index contributed by atoms with van der Waals surface area (Å²) >= 11 is 0. The van der Waals surface area contributed by atoms with Crippen LogP contribution in [-0.4, -0.2) is 14.9 Å². The maximum atomic E-state index is 10.4. The number of benzene rings is 1. The van der Waals surface area contributed by atoms with Crippen molar-refractivity contribution in [2.24, 2.45) is 0 Å². The van der Waals surface area contributed by atoms with Crippen molar-refractivity contribution in [2.45, 2.75) is 45.3 Å². The molecule has 100 valence electrons. The van der Waals surface area contributed by atoms with E-state index in [0.29, 0.717) is 6.42 Å². The minimum absolute atomic E-state index is 0.430. The third kappa shape index (κ3) is 2.56. The molecule has 0 fully saturated rings. The zero-order chi connectivity index (χ0) is 13.2. The molecule has 0 radical (unpaired) electrons. The largest absolute Gasteiger partial charge is 0.388 e. The van der Waals surface area contributed by atoms with Crippen LogP contribution in [0.15, 0.2) is 30.6 Å². The van der Waals surface area contributed by atoms with Crippen LogP contribution in [0.5, 0.6) is 0 Å². The van der Waals surface area contributed by atoms with Gasteiger partial charge in [-0.2, -0.15) is 5.10 Å². The molecule has 1 aromatic carbocycles. The van der Waals surface area contributed by atoms with Crippen LogP contribution in [-0.2, 0) is 25.8 Å². The summed E-state index contributed by atoms with van der Waals surface area (Å²) in [6, 6.07) is 6.42. The van der Waals surface area contributed by atoms with Crippen LogP contribution < -0.4 is 0 Å². The Morgan fingerprint density at radius 2 is 2.16 bits per heavy atom. The van der Waals surface area contributed by atoms with Gasteiger partial charge in [0.1, 0.15) is 0 Å². The quantitative estimate of drug-likeness (QED) is 0.913. The lowest BCUT2D eigenvalue weighted by Crippen LogP contribution is -2.02. The van der Waals surface area contributed by atoms with Gasteiger partial charge >= 0.3 is 0 Å². The minimum atomic E-state index is -0.430. The number of hydrogen-bond acceptors (Lipinski definition) is 2. The van der Waals surface area contributed by atoms with Crippen LogP contribution in [0.1, 0.15) is 41.7 Å². The van der Waals surface area contributed by atoms with E-state index in [4.69, 9.17) is 0 Å². The normalized spacial score (nSPS) is 15.5. The Kier molecular flexibility index (Phi) is 3.38. The van der Waals surface area contributed by atoms with E-state index < -0.39 is 6.10 Å². The second-order valence-electron chi connectivity index (χ2n) is 5.31. The first-order chi connectivity index (χ1) is 9.26. The number of hydrogen-bond donors (Lipinski definition) is 1. The molecular formula is C16H20N2O. The molecule has 3 rings (SSSR count). The summed E-state index contributed by atoms with van der Waals surface area (Å²) in [6.07, 6.45) is 7.66. The average molecular weight is 256 g/mol. The van der Waals surface area contributed by atoms with Crippen LogP contribution >= 0.6 is 0 Å². The molecule has 3 heteroatoms. The third-order valence-electron chi connectivity index (χ3n) is 3.95. The predicted molar refractivity (Wildman–Crippen MR) is 75.0 cm³/mol. The first-order valence-corrected chi connectivity index (χ1v) is 7.07. The standard InChI is InChI=1S/C16H20N2O/c1-2-18-11-12(10-17-18)8-16(19)15-7-6-13-4-3-5-14(13)9-15/h6-7,9-11,16,19H,2-5,8H2,1H3. The van der Waals surface area contributed by atoms with Gasteiger partial charge in [0.15, 0.2) is 0 Å². The topological polar surface area (TPSA) is 38.0 Å². The van der Waals surface area contributed by atoms with Crippen molar-refractivity contribution >= 4 is 0 Å². The van der Waals surface area contributed by atoms with Crippen LogP contribution in [0.4, 0.5) is 0 Å². The molecule has 0 spiro atoms. The molecule has 1 N–H and O–H groups in total. The van der Waals surface area contributed by atoms with Gasteiger partial charge in [-0.3, -0.25) is 4.68 Å². The number of aliphatic hydroxyl groups excluding tert-OH is 1. The molecule has 2 aromatic rings. The first-order valence-electron chi connectivity index (χ1n) is 7.07. The molecule has 0 saturated heterocycles. The van der Waals surface area contributed by atoms with Gasteiger partial charge in [-0.1, -0.05) is 18.2 Å². The highest BCUT2D eigenvalue weighted by Crippen LogP contribution is 2.26. The number of fused-ring (bicyclic) bond motifs is 1. The second-order valence-corrected chi connectivity index (χ2v) is 5.31. The zero-order valence-corrected chi connectivity index (χ0v) is 11.3. The highest BCUT2D eigenvalue weighted by molar-refractivity contribution is 5.36. The van der Waals surface area contributed by atoms with Crippen molar-refractivity contribution in [2.75, 3.05) is 0 Å². The van der Waals surface area contributed by atoms with Gasteiger partial charge in [-0.15, -0.1) is 0 Å². The number of nitrogens with zero attached hydrogens (tertiary/aromatic N) is 2. The maximum Gasteiger partial charge on any atom is 0.0831 e. The molecule has 1 atom stereocenters. The molecular weight excluding hydrogens is 236 g/mol. The van der Waals surface area contributed by atoms with Gasteiger partial charge < -0.3 is 5.11 Å². The second kappa shape index (κ2) is 5.17.